The molecule has 0 fully saturated rings. The van der Waals surface area contributed by atoms with Crippen LogP contribution in [0.2, 0.25) is 0 Å². The fourth-order valence-corrected chi connectivity index (χ4v) is 3.54. The van der Waals surface area contributed by atoms with Gasteiger partial charge in [0.25, 0.3) is 5.91 Å². The van der Waals surface area contributed by atoms with Gasteiger partial charge >= 0.3 is 0 Å². The number of methoxy groups -OCH3 is 2. The number of hydrogen-bond donors (Lipinski definition) is 0. The highest BCUT2D eigenvalue weighted by atomic mass is 16.5. The van der Waals surface area contributed by atoms with Crippen LogP contribution in [0.4, 0.5) is 0 Å². The fraction of sp³-hybridized carbons (Fsp3) is 0.520. The van der Waals surface area contributed by atoms with Gasteiger partial charge < -0.3 is 23.8 Å². The molecule has 7 nitrogen and oxygen atoms in total. The van der Waals surface area contributed by atoms with Crippen LogP contribution in [0.5, 0.6) is 11.5 Å². The minimum absolute atomic E-state index is 0.0184. The first-order valence-corrected chi connectivity index (χ1v) is 11.1. The summed E-state index contributed by atoms with van der Waals surface area (Å²) in [5.41, 5.74) is 1.49. The highest BCUT2D eigenvalue weighted by Gasteiger charge is 2.27. The molecule has 0 saturated carbocycles. The number of aryl methyl sites for hydroxylation is 1. The molecule has 1 aromatic carbocycles. The summed E-state index contributed by atoms with van der Waals surface area (Å²) in [6.45, 7) is 9.31. The highest BCUT2D eigenvalue weighted by molar-refractivity contribution is 5.97. The quantitative estimate of drug-likeness (QED) is 0.527. The number of rotatable bonds is 11. The Labute approximate surface area is 191 Å². The van der Waals surface area contributed by atoms with Crippen LogP contribution in [0.3, 0.4) is 0 Å². The van der Waals surface area contributed by atoms with Gasteiger partial charge in [-0.25, -0.2) is 0 Å². The van der Waals surface area contributed by atoms with Gasteiger partial charge in [-0.05, 0) is 43.5 Å². The molecule has 1 aromatic heterocycles. The Balaban J connectivity index is 2.30. The SMILES string of the molecule is CCC(C)N(CC(=O)N(Cc1cccn1C)CC(C)C)C(=O)c1cc(OC)cc(OC)c1. The fourth-order valence-electron chi connectivity index (χ4n) is 3.54. The predicted octanol–water partition coefficient (Wildman–Crippen LogP) is 3.97. The maximum absolute atomic E-state index is 13.5. The van der Waals surface area contributed by atoms with Crippen molar-refractivity contribution in [2.75, 3.05) is 27.3 Å². The Morgan fingerprint density at radius 3 is 2.16 bits per heavy atom. The van der Waals surface area contributed by atoms with Gasteiger partial charge in [-0.15, -0.1) is 0 Å². The normalized spacial score (nSPS) is 11.9. The summed E-state index contributed by atoms with van der Waals surface area (Å²) >= 11 is 0. The Kier molecular flexibility index (Phi) is 9.17. The first-order chi connectivity index (χ1) is 15.2. The van der Waals surface area contributed by atoms with Gasteiger partial charge in [-0.3, -0.25) is 9.59 Å². The van der Waals surface area contributed by atoms with E-state index in [2.05, 4.69) is 13.8 Å². The van der Waals surface area contributed by atoms with Crippen molar-refractivity contribution in [3.05, 3.63) is 47.8 Å². The lowest BCUT2D eigenvalue weighted by molar-refractivity contribution is -0.133. The monoisotopic (exact) mass is 443 g/mol. The minimum Gasteiger partial charge on any atom is -0.497 e. The molecule has 0 N–H and O–H groups in total. The molecule has 0 radical (unpaired) electrons. The first kappa shape index (κ1) is 25.3. The highest BCUT2D eigenvalue weighted by Crippen LogP contribution is 2.24. The molecule has 2 aromatic rings. The van der Waals surface area contributed by atoms with Crippen molar-refractivity contribution in [2.24, 2.45) is 13.0 Å². The number of nitrogens with zero attached hydrogens (tertiary/aromatic N) is 3. The zero-order chi connectivity index (χ0) is 23.8. The molecule has 1 heterocycles. The second kappa shape index (κ2) is 11.6. The van der Waals surface area contributed by atoms with Crippen LogP contribution in [0.15, 0.2) is 36.5 Å². The molecule has 176 valence electrons. The van der Waals surface area contributed by atoms with Crippen LogP contribution in [-0.2, 0) is 18.4 Å². The average molecular weight is 444 g/mol. The van der Waals surface area contributed by atoms with Crippen LogP contribution in [0.1, 0.15) is 50.2 Å². The summed E-state index contributed by atoms with van der Waals surface area (Å²) in [6.07, 6.45) is 2.71. The van der Waals surface area contributed by atoms with E-state index >= 15 is 0 Å². The minimum atomic E-state index is -0.215. The lowest BCUT2D eigenvalue weighted by atomic mass is 10.1. The molecule has 0 spiro atoms. The molecule has 0 aliphatic heterocycles. The van der Waals surface area contributed by atoms with Gasteiger partial charge in [0.2, 0.25) is 5.91 Å². The van der Waals surface area contributed by atoms with Crippen molar-refractivity contribution in [3.63, 3.8) is 0 Å². The van der Waals surface area contributed by atoms with Crippen LogP contribution in [-0.4, -0.2) is 59.5 Å². The first-order valence-electron chi connectivity index (χ1n) is 11.1. The van der Waals surface area contributed by atoms with Gasteiger partial charge in [-0.2, -0.15) is 0 Å². The van der Waals surface area contributed by atoms with Crippen LogP contribution in [0.25, 0.3) is 0 Å². The van der Waals surface area contributed by atoms with Crippen molar-refractivity contribution in [2.45, 2.75) is 46.7 Å². The molecule has 0 aliphatic rings. The molecule has 32 heavy (non-hydrogen) atoms. The molecule has 2 amide bonds. The topological polar surface area (TPSA) is 64.0 Å². The lowest BCUT2D eigenvalue weighted by Crippen LogP contribution is -2.47. The number of amides is 2. The average Bonchev–Trinajstić information content (AvgIpc) is 3.19. The molecule has 0 saturated heterocycles. The van der Waals surface area contributed by atoms with Gasteiger partial charge in [-0.1, -0.05) is 20.8 Å². The van der Waals surface area contributed by atoms with Crippen molar-refractivity contribution in [1.29, 1.82) is 0 Å². The van der Waals surface area contributed by atoms with E-state index in [0.29, 0.717) is 36.1 Å². The van der Waals surface area contributed by atoms with E-state index in [1.54, 1.807) is 37.3 Å². The van der Waals surface area contributed by atoms with E-state index < -0.39 is 0 Å². The van der Waals surface area contributed by atoms with Crippen LogP contribution >= 0.6 is 0 Å². The summed E-state index contributed by atoms with van der Waals surface area (Å²) < 4.78 is 12.7. The maximum Gasteiger partial charge on any atom is 0.254 e. The number of hydrogen-bond acceptors (Lipinski definition) is 4. The van der Waals surface area contributed by atoms with Gasteiger partial charge in [0, 0.05) is 43.2 Å². The third kappa shape index (κ3) is 6.52. The van der Waals surface area contributed by atoms with E-state index in [-0.39, 0.29) is 24.4 Å². The van der Waals surface area contributed by atoms with Gasteiger partial charge in [0.1, 0.15) is 18.0 Å². The molecular weight excluding hydrogens is 406 g/mol. The summed E-state index contributed by atoms with van der Waals surface area (Å²) in [5.74, 6) is 1.10. The zero-order valence-electron chi connectivity index (χ0n) is 20.4. The maximum atomic E-state index is 13.5. The summed E-state index contributed by atoms with van der Waals surface area (Å²) in [7, 11) is 5.07. The Morgan fingerprint density at radius 1 is 1.06 bits per heavy atom. The molecular formula is C25H37N3O4. The zero-order valence-corrected chi connectivity index (χ0v) is 20.4. The summed E-state index contributed by atoms with van der Waals surface area (Å²) in [4.78, 5) is 30.4. The molecule has 2 rings (SSSR count). The van der Waals surface area contributed by atoms with Crippen LogP contribution < -0.4 is 9.47 Å². The van der Waals surface area contributed by atoms with Crippen LogP contribution in [0, 0.1) is 5.92 Å². The second-order valence-electron chi connectivity index (χ2n) is 8.57. The van der Waals surface area contributed by atoms with E-state index in [4.69, 9.17) is 9.47 Å². The third-order valence-corrected chi connectivity index (χ3v) is 5.63. The molecule has 0 bridgehead atoms. The summed E-state index contributed by atoms with van der Waals surface area (Å²) in [5, 5.41) is 0. The van der Waals surface area contributed by atoms with Crippen molar-refractivity contribution < 1.29 is 19.1 Å². The van der Waals surface area contributed by atoms with E-state index in [1.165, 1.54) is 0 Å². The molecule has 1 atom stereocenters. The van der Waals surface area contributed by atoms with Crippen molar-refractivity contribution >= 4 is 11.8 Å². The van der Waals surface area contributed by atoms with Gasteiger partial charge in [0.05, 0.1) is 20.8 Å². The third-order valence-electron chi connectivity index (χ3n) is 5.63. The van der Waals surface area contributed by atoms with Crippen molar-refractivity contribution in [3.8, 4) is 11.5 Å². The largest absolute Gasteiger partial charge is 0.497 e. The van der Waals surface area contributed by atoms with Crippen molar-refractivity contribution in [1.82, 2.24) is 14.4 Å². The Bertz CT molecular complexity index is 884. The molecule has 7 heteroatoms. The Morgan fingerprint density at radius 2 is 1.69 bits per heavy atom. The smallest absolute Gasteiger partial charge is 0.254 e. The molecule has 0 aliphatic carbocycles. The Hall–Kier alpha value is -2.96. The second-order valence-corrected chi connectivity index (χ2v) is 8.57. The standard InChI is InChI=1S/C25H37N3O4/c1-8-19(4)28(25(30)20-12-22(31-6)14-23(13-20)32-7)17-24(29)27(15-18(2)3)16-21-10-9-11-26(21)5/h9-14,18-19H,8,15-17H2,1-7H3. The van der Waals surface area contributed by atoms with E-state index in [1.807, 2.05) is 48.7 Å². The molecule has 1 unspecified atom stereocenters. The van der Waals surface area contributed by atoms with E-state index in [0.717, 1.165) is 12.1 Å². The van der Waals surface area contributed by atoms with E-state index in [9.17, 15) is 9.59 Å². The number of aromatic nitrogens is 1. The number of benzene rings is 1. The number of ether oxygens (including phenoxy) is 2. The predicted molar refractivity (Wildman–Crippen MR) is 126 cm³/mol. The lowest BCUT2D eigenvalue weighted by Gasteiger charge is -2.32. The van der Waals surface area contributed by atoms with Gasteiger partial charge in [0.15, 0.2) is 0 Å². The number of carbonyl (C=O) groups is 2. The number of carbonyl (C=O) groups excluding carboxylic acids is 2. The summed E-state index contributed by atoms with van der Waals surface area (Å²) in [6, 6.07) is 8.97.